The molecule has 1 unspecified atom stereocenters. The minimum absolute atomic E-state index is 0.241. The second-order valence-electron chi connectivity index (χ2n) is 5.31. The van der Waals surface area contributed by atoms with Crippen molar-refractivity contribution in [3.63, 3.8) is 0 Å². The summed E-state index contributed by atoms with van der Waals surface area (Å²) in [7, 11) is 1.70. The molecule has 0 aliphatic heterocycles. The van der Waals surface area contributed by atoms with Crippen molar-refractivity contribution in [1.82, 2.24) is 10.3 Å². The van der Waals surface area contributed by atoms with E-state index in [0.717, 1.165) is 25.1 Å². The number of rotatable bonds is 7. The molecule has 3 heteroatoms. The summed E-state index contributed by atoms with van der Waals surface area (Å²) in [6, 6.07) is 11.0. The Bertz CT molecular complexity index is 551. The molecule has 1 aromatic heterocycles. The van der Waals surface area contributed by atoms with Crippen molar-refractivity contribution in [1.29, 1.82) is 0 Å². The number of nitrogens with one attached hydrogen (secondary N) is 1. The maximum atomic E-state index is 5.46. The maximum Gasteiger partial charge on any atom is 0.141 e. The molecule has 0 fully saturated rings. The first-order chi connectivity index (χ1) is 10.2. The van der Waals surface area contributed by atoms with E-state index in [-0.39, 0.29) is 6.04 Å². The number of ether oxygens (including phenoxy) is 1. The fraction of sp³-hybridized carbons (Fsp3) is 0.389. The summed E-state index contributed by atoms with van der Waals surface area (Å²) in [5.74, 6) is 0.846. The number of pyridine rings is 1. The minimum Gasteiger partial charge on any atom is -0.495 e. The Morgan fingerprint density at radius 1 is 1.19 bits per heavy atom. The summed E-state index contributed by atoms with van der Waals surface area (Å²) in [6.07, 6.45) is 5.66. The van der Waals surface area contributed by atoms with Crippen molar-refractivity contribution in [2.24, 2.45) is 0 Å². The van der Waals surface area contributed by atoms with Crippen LogP contribution in [0.5, 0.6) is 5.75 Å². The summed E-state index contributed by atoms with van der Waals surface area (Å²) >= 11 is 0. The zero-order valence-corrected chi connectivity index (χ0v) is 13.1. The van der Waals surface area contributed by atoms with Gasteiger partial charge in [-0.15, -0.1) is 0 Å². The molecule has 2 aromatic rings. The van der Waals surface area contributed by atoms with E-state index in [1.165, 1.54) is 16.7 Å². The molecule has 1 heterocycles. The molecule has 1 N–H and O–H groups in total. The van der Waals surface area contributed by atoms with Crippen LogP contribution in [-0.2, 0) is 6.42 Å². The highest BCUT2D eigenvalue weighted by Crippen LogP contribution is 2.26. The number of methoxy groups -OCH3 is 1. The van der Waals surface area contributed by atoms with Crippen molar-refractivity contribution < 1.29 is 4.74 Å². The quantitative estimate of drug-likeness (QED) is 0.842. The third kappa shape index (κ3) is 4.30. The number of benzene rings is 1. The van der Waals surface area contributed by atoms with Gasteiger partial charge in [-0.25, -0.2) is 0 Å². The van der Waals surface area contributed by atoms with Gasteiger partial charge < -0.3 is 10.1 Å². The van der Waals surface area contributed by atoms with Crippen LogP contribution in [0.1, 0.15) is 36.1 Å². The van der Waals surface area contributed by atoms with Gasteiger partial charge in [-0.2, -0.15) is 0 Å². The van der Waals surface area contributed by atoms with Crippen LogP contribution >= 0.6 is 0 Å². The van der Waals surface area contributed by atoms with Crippen LogP contribution < -0.4 is 10.1 Å². The molecule has 1 aromatic carbocycles. The molecule has 0 bridgehead atoms. The average Bonchev–Trinajstić information content (AvgIpc) is 2.53. The highest BCUT2D eigenvalue weighted by Gasteiger charge is 2.16. The first-order valence-corrected chi connectivity index (χ1v) is 7.51. The fourth-order valence-electron chi connectivity index (χ4n) is 2.42. The first-order valence-electron chi connectivity index (χ1n) is 7.51. The second-order valence-corrected chi connectivity index (χ2v) is 5.31. The molecule has 0 spiro atoms. The number of hydrogen-bond acceptors (Lipinski definition) is 3. The molecule has 21 heavy (non-hydrogen) atoms. The third-order valence-electron chi connectivity index (χ3n) is 3.61. The Morgan fingerprint density at radius 3 is 2.62 bits per heavy atom. The summed E-state index contributed by atoms with van der Waals surface area (Å²) in [5.41, 5.74) is 3.79. The van der Waals surface area contributed by atoms with Crippen molar-refractivity contribution in [2.75, 3.05) is 13.7 Å². The first kappa shape index (κ1) is 15.5. The van der Waals surface area contributed by atoms with Gasteiger partial charge >= 0.3 is 0 Å². The molecule has 0 saturated carbocycles. The summed E-state index contributed by atoms with van der Waals surface area (Å²) in [5, 5.41) is 3.62. The molecule has 112 valence electrons. The van der Waals surface area contributed by atoms with E-state index in [9.17, 15) is 0 Å². The Kier molecular flexibility index (Phi) is 5.76. The maximum absolute atomic E-state index is 5.46. The molecule has 2 rings (SSSR count). The minimum atomic E-state index is 0.241. The Labute approximate surface area is 127 Å². The molecule has 0 saturated heterocycles. The summed E-state index contributed by atoms with van der Waals surface area (Å²) < 4.78 is 5.46. The molecule has 0 amide bonds. The Balaban J connectivity index is 2.23. The van der Waals surface area contributed by atoms with Gasteiger partial charge in [0, 0.05) is 17.8 Å². The number of hydrogen-bond donors (Lipinski definition) is 1. The van der Waals surface area contributed by atoms with E-state index in [1.54, 1.807) is 13.3 Å². The molecule has 1 atom stereocenters. The van der Waals surface area contributed by atoms with Gasteiger partial charge in [-0.1, -0.05) is 36.8 Å². The molecular weight excluding hydrogens is 260 g/mol. The lowest BCUT2D eigenvalue weighted by molar-refractivity contribution is 0.396. The zero-order valence-electron chi connectivity index (χ0n) is 13.1. The van der Waals surface area contributed by atoms with Gasteiger partial charge in [0.2, 0.25) is 0 Å². The van der Waals surface area contributed by atoms with E-state index >= 15 is 0 Å². The van der Waals surface area contributed by atoms with Crippen LogP contribution in [0.2, 0.25) is 0 Å². The Hall–Kier alpha value is -1.87. The molecule has 0 aliphatic rings. The van der Waals surface area contributed by atoms with Gasteiger partial charge in [-0.05, 0) is 37.9 Å². The highest BCUT2D eigenvalue weighted by molar-refractivity contribution is 5.34. The van der Waals surface area contributed by atoms with E-state index in [2.05, 4.69) is 48.4 Å². The van der Waals surface area contributed by atoms with Crippen molar-refractivity contribution in [3.8, 4) is 5.75 Å². The predicted molar refractivity (Wildman–Crippen MR) is 86.7 cm³/mol. The highest BCUT2D eigenvalue weighted by atomic mass is 16.5. The molecule has 0 aliphatic carbocycles. The topological polar surface area (TPSA) is 34.2 Å². The average molecular weight is 284 g/mol. The zero-order chi connectivity index (χ0) is 15.1. The predicted octanol–water partition coefficient (Wildman–Crippen LogP) is 3.68. The lowest BCUT2D eigenvalue weighted by Gasteiger charge is -2.21. The lowest BCUT2D eigenvalue weighted by Crippen LogP contribution is -2.24. The van der Waals surface area contributed by atoms with Gasteiger partial charge in [0.1, 0.15) is 5.75 Å². The molecular formula is C18H24N2O. The Morgan fingerprint density at radius 2 is 1.95 bits per heavy atom. The van der Waals surface area contributed by atoms with Gasteiger partial charge in [-0.3, -0.25) is 4.98 Å². The molecule has 3 nitrogen and oxygen atoms in total. The monoisotopic (exact) mass is 284 g/mol. The SMILES string of the molecule is CCCNC(Cc1ccc(C)cc1)c1ccncc1OC. The van der Waals surface area contributed by atoms with Crippen LogP contribution in [0, 0.1) is 6.92 Å². The summed E-state index contributed by atoms with van der Waals surface area (Å²) in [4.78, 5) is 4.14. The third-order valence-corrected chi connectivity index (χ3v) is 3.61. The number of nitrogens with zero attached hydrogens (tertiary/aromatic N) is 1. The van der Waals surface area contributed by atoms with E-state index in [4.69, 9.17) is 4.74 Å². The second kappa shape index (κ2) is 7.79. The van der Waals surface area contributed by atoms with E-state index in [1.807, 2.05) is 12.3 Å². The standard InChI is InChI=1S/C18H24N2O/c1-4-10-20-17(12-15-7-5-14(2)6-8-15)16-9-11-19-13-18(16)21-3/h5-9,11,13,17,20H,4,10,12H2,1-3H3. The van der Waals surface area contributed by atoms with E-state index in [0.29, 0.717) is 0 Å². The largest absolute Gasteiger partial charge is 0.495 e. The van der Waals surface area contributed by atoms with Crippen molar-refractivity contribution >= 4 is 0 Å². The van der Waals surface area contributed by atoms with Gasteiger partial charge in [0.15, 0.2) is 0 Å². The van der Waals surface area contributed by atoms with Crippen LogP contribution in [0.4, 0.5) is 0 Å². The van der Waals surface area contributed by atoms with Crippen LogP contribution in [0.25, 0.3) is 0 Å². The summed E-state index contributed by atoms with van der Waals surface area (Å²) in [6.45, 7) is 5.28. The van der Waals surface area contributed by atoms with Gasteiger partial charge in [0.25, 0.3) is 0 Å². The number of aryl methyl sites for hydroxylation is 1. The van der Waals surface area contributed by atoms with Crippen molar-refractivity contribution in [2.45, 2.75) is 32.7 Å². The normalized spacial score (nSPS) is 12.1. The number of aromatic nitrogens is 1. The van der Waals surface area contributed by atoms with Crippen LogP contribution in [0.3, 0.4) is 0 Å². The van der Waals surface area contributed by atoms with Crippen molar-refractivity contribution in [3.05, 3.63) is 59.4 Å². The van der Waals surface area contributed by atoms with Crippen LogP contribution in [-0.4, -0.2) is 18.6 Å². The fourth-order valence-corrected chi connectivity index (χ4v) is 2.42. The lowest BCUT2D eigenvalue weighted by atomic mass is 9.98. The van der Waals surface area contributed by atoms with Crippen LogP contribution in [0.15, 0.2) is 42.7 Å². The molecule has 0 radical (unpaired) electrons. The van der Waals surface area contributed by atoms with Gasteiger partial charge in [0.05, 0.1) is 13.3 Å². The van der Waals surface area contributed by atoms with E-state index < -0.39 is 0 Å². The smallest absolute Gasteiger partial charge is 0.141 e.